The summed E-state index contributed by atoms with van der Waals surface area (Å²) in [5.41, 5.74) is 1.94. The van der Waals surface area contributed by atoms with Crippen LogP contribution in [0.15, 0.2) is 42.5 Å². The predicted molar refractivity (Wildman–Crippen MR) is 75.0 cm³/mol. The van der Waals surface area contributed by atoms with Crippen LogP contribution in [-0.4, -0.2) is 5.09 Å². The average molecular weight is 280 g/mol. The lowest BCUT2D eigenvalue weighted by atomic mass is 10.0. The SMILES string of the molecule is C[n+]1c2ccccc2c(C#N)c2c(O[N+](=O)[O-])cccc21. The molecular weight excluding hydrogens is 270 g/mol. The number of fused-ring (bicyclic) bond motifs is 2. The predicted octanol–water partition coefficient (Wildman–Crippen LogP) is 2.26. The highest BCUT2D eigenvalue weighted by molar-refractivity contribution is 5.99. The molecule has 0 aliphatic carbocycles. The summed E-state index contributed by atoms with van der Waals surface area (Å²) in [7, 11) is 1.85. The van der Waals surface area contributed by atoms with Gasteiger partial charge in [-0.15, -0.1) is 10.1 Å². The van der Waals surface area contributed by atoms with Crippen LogP contribution in [0.25, 0.3) is 21.8 Å². The Labute approximate surface area is 119 Å². The largest absolute Gasteiger partial charge is 0.299 e. The van der Waals surface area contributed by atoms with Gasteiger partial charge in [-0.3, -0.25) is 4.84 Å². The normalized spacial score (nSPS) is 10.5. The summed E-state index contributed by atoms with van der Waals surface area (Å²) in [4.78, 5) is 15.3. The van der Waals surface area contributed by atoms with Crippen molar-refractivity contribution in [2.24, 2.45) is 7.05 Å². The van der Waals surface area contributed by atoms with Gasteiger partial charge in [0.05, 0.1) is 16.3 Å². The van der Waals surface area contributed by atoms with E-state index in [0.29, 0.717) is 16.5 Å². The van der Waals surface area contributed by atoms with Crippen LogP contribution in [0.5, 0.6) is 5.75 Å². The van der Waals surface area contributed by atoms with Crippen LogP contribution in [0.1, 0.15) is 5.56 Å². The summed E-state index contributed by atoms with van der Waals surface area (Å²) in [5.74, 6) is 0.0652. The first-order valence-corrected chi connectivity index (χ1v) is 6.19. The van der Waals surface area contributed by atoms with Crippen molar-refractivity contribution in [1.82, 2.24) is 0 Å². The van der Waals surface area contributed by atoms with Gasteiger partial charge in [-0.1, -0.05) is 18.2 Å². The van der Waals surface area contributed by atoms with Crippen LogP contribution in [0.3, 0.4) is 0 Å². The van der Waals surface area contributed by atoms with E-state index < -0.39 is 5.09 Å². The zero-order valence-corrected chi connectivity index (χ0v) is 11.1. The van der Waals surface area contributed by atoms with E-state index >= 15 is 0 Å². The minimum absolute atomic E-state index is 0.0652. The van der Waals surface area contributed by atoms with E-state index in [-0.39, 0.29) is 5.75 Å². The van der Waals surface area contributed by atoms with Gasteiger partial charge in [0.2, 0.25) is 11.0 Å². The molecule has 0 fully saturated rings. The van der Waals surface area contributed by atoms with Gasteiger partial charge in [-0.2, -0.15) is 9.83 Å². The molecule has 3 rings (SSSR count). The summed E-state index contributed by atoms with van der Waals surface area (Å²) < 4.78 is 1.89. The first-order chi connectivity index (χ1) is 10.1. The Bertz CT molecular complexity index is 929. The molecule has 0 saturated carbocycles. The smallest absolute Gasteiger partial charge is 0.275 e. The molecule has 0 atom stereocenters. The fraction of sp³-hybridized carbons (Fsp3) is 0.0667. The van der Waals surface area contributed by atoms with Gasteiger partial charge in [-0.05, 0) is 12.1 Å². The van der Waals surface area contributed by atoms with E-state index in [4.69, 9.17) is 0 Å². The summed E-state index contributed by atoms with van der Waals surface area (Å²) in [6.45, 7) is 0. The Morgan fingerprint density at radius 3 is 2.62 bits per heavy atom. The number of aryl methyl sites for hydroxylation is 1. The number of nitrogens with zero attached hydrogens (tertiary/aromatic N) is 3. The molecule has 6 nitrogen and oxygen atoms in total. The molecule has 0 aliphatic rings. The van der Waals surface area contributed by atoms with Gasteiger partial charge < -0.3 is 0 Å². The van der Waals surface area contributed by atoms with E-state index in [1.165, 1.54) is 6.07 Å². The van der Waals surface area contributed by atoms with E-state index in [0.717, 1.165) is 10.9 Å². The molecule has 1 aromatic heterocycles. The molecule has 6 heteroatoms. The highest BCUT2D eigenvalue weighted by atomic mass is 17.0. The first-order valence-electron chi connectivity index (χ1n) is 6.19. The molecule has 0 amide bonds. The lowest BCUT2D eigenvalue weighted by molar-refractivity contribution is -0.710. The minimum Gasteiger partial charge on any atom is -0.275 e. The maximum atomic E-state index is 10.7. The second-order valence-corrected chi connectivity index (χ2v) is 4.53. The highest BCUT2D eigenvalue weighted by Crippen LogP contribution is 2.31. The molecule has 0 N–H and O–H groups in total. The third kappa shape index (κ3) is 1.92. The maximum absolute atomic E-state index is 10.7. The fourth-order valence-electron chi connectivity index (χ4n) is 2.56. The Balaban J connectivity index is 2.55. The molecular formula is C15H10N3O3+. The number of aromatic nitrogens is 1. The lowest BCUT2D eigenvalue weighted by Crippen LogP contribution is -2.30. The zero-order valence-electron chi connectivity index (χ0n) is 11.1. The topological polar surface area (TPSA) is 80.0 Å². The standard InChI is InChI=1S/C15H10N3O3/c1-17-12-6-3-2-5-10(12)11(9-16)15-13(17)7-4-8-14(15)21-18(19)20/h2-8H,1H3/q+1. The van der Waals surface area contributed by atoms with Crippen molar-refractivity contribution in [3.63, 3.8) is 0 Å². The second kappa shape index (κ2) is 4.72. The number of pyridine rings is 1. The van der Waals surface area contributed by atoms with Crippen LogP contribution < -0.4 is 9.40 Å². The quantitative estimate of drug-likeness (QED) is 0.312. The zero-order chi connectivity index (χ0) is 15.0. The van der Waals surface area contributed by atoms with Crippen molar-refractivity contribution in [3.8, 4) is 11.8 Å². The Kier molecular flexibility index (Phi) is 2.88. The van der Waals surface area contributed by atoms with Gasteiger partial charge in [0.25, 0.3) is 5.09 Å². The molecule has 0 unspecified atom stereocenters. The number of benzene rings is 2. The van der Waals surface area contributed by atoms with Gasteiger partial charge in [0, 0.05) is 12.1 Å². The maximum Gasteiger partial charge on any atom is 0.299 e. The monoisotopic (exact) mass is 280 g/mol. The molecule has 0 saturated heterocycles. The van der Waals surface area contributed by atoms with E-state index in [9.17, 15) is 15.4 Å². The summed E-state index contributed by atoms with van der Waals surface area (Å²) in [5, 5.41) is 20.5. The molecule has 0 aliphatic heterocycles. The Morgan fingerprint density at radius 1 is 1.19 bits per heavy atom. The van der Waals surface area contributed by atoms with E-state index in [1.54, 1.807) is 12.1 Å². The van der Waals surface area contributed by atoms with Crippen molar-refractivity contribution in [2.45, 2.75) is 0 Å². The van der Waals surface area contributed by atoms with Crippen molar-refractivity contribution in [3.05, 3.63) is 58.1 Å². The molecule has 0 bridgehead atoms. The number of hydrogen-bond donors (Lipinski definition) is 0. The molecule has 3 aromatic rings. The van der Waals surface area contributed by atoms with Crippen LogP contribution in [0, 0.1) is 21.4 Å². The Hall–Kier alpha value is -3.20. The van der Waals surface area contributed by atoms with Crippen molar-refractivity contribution < 1.29 is 14.5 Å². The average Bonchev–Trinajstić information content (AvgIpc) is 2.48. The van der Waals surface area contributed by atoms with Gasteiger partial charge in [0.1, 0.15) is 18.9 Å². The van der Waals surface area contributed by atoms with Gasteiger partial charge in [0.15, 0.2) is 0 Å². The van der Waals surface area contributed by atoms with Crippen LogP contribution in [0.4, 0.5) is 0 Å². The van der Waals surface area contributed by atoms with Crippen molar-refractivity contribution >= 4 is 21.8 Å². The van der Waals surface area contributed by atoms with Crippen LogP contribution in [-0.2, 0) is 7.05 Å². The Morgan fingerprint density at radius 2 is 1.90 bits per heavy atom. The van der Waals surface area contributed by atoms with Crippen LogP contribution >= 0.6 is 0 Å². The number of nitriles is 1. The third-order valence-electron chi connectivity index (χ3n) is 3.44. The molecule has 0 radical (unpaired) electrons. The minimum atomic E-state index is -0.870. The third-order valence-corrected chi connectivity index (χ3v) is 3.44. The van der Waals surface area contributed by atoms with E-state index in [2.05, 4.69) is 10.9 Å². The number of rotatable bonds is 2. The molecule has 102 valence electrons. The molecule has 2 aromatic carbocycles. The lowest BCUT2D eigenvalue weighted by Gasteiger charge is -2.07. The van der Waals surface area contributed by atoms with Gasteiger partial charge >= 0.3 is 0 Å². The molecule has 21 heavy (non-hydrogen) atoms. The van der Waals surface area contributed by atoms with E-state index in [1.807, 2.05) is 35.9 Å². The highest BCUT2D eigenvalue weighted by Gasteiger charge is 2.21. The second-order valence-electron chi connectivity index (χ2n) is 4.53. The van der Waals surface area contributed by atoms with Crippen molar-refractivity contribution in [2.75, 3.05) is 0 Å². The molecule has 1 heterocycles. The summed E-state index contributed by atoms with van der Waals surface area (Å²) in [6, 6.07) is 14.5. The molecule has 0 spiro atoms. The first kappa shape index (κ1) is 12.8. The summed E-state index contributed by atoms with van der Waals surface area (Å²) >= 11 is 0. The van der Waals surface area contributed by atoms with Crippen molar-refractivity contribution in [1.29, 1.82) is 5.26 Å². The fourth-order valence-corrected chi connectivity index (χ4v) is 2.56. The number of hydrogen-bond acceptors (Lipinski definition) is 4. The number of para-hydroxylation sites is 1. The van der Waals surface area contributed by atoms with Crippen LogP contribution in [0.2, 0.25) is 0 Å². The summed E-state index contributed by atoms with van der Waals surface area (Å²) in [6.07, 6.45) is 0. The van der Waals surface area contributed by atoms with Gasteiger partial charge in [-0.25, -0.2) is 0 Å².